The number of oxime groups is 3. The van der Waals surface area contributed by atoms with E-state index >= 15 is 0 Å². The topological polar surface area (TPSA) is 242 Å². The maximum Gasteiger partial charge on any atom is 0.254 e. The predicted octanol–water partition coefficient (Wildman–Crippen LogP) is 11.7. The molecule has 12 rings (SSSR count). The Morgan fingerprint density at radius 3 is 0.878 bits per heavy atom. The Labute approximate surface area is 509 Å². The quantitative estimate of drug-likeness (QED) is 0.0815. The third kappa shape index (κ3) is 14.1. The fraction of sp³-hybridized carbons (Fsp3) is 0.238. The molecule has 0 N–H and O–H groups in total. The Kier molecular flexibility index (Phi) is 19.0. The molecule has 9 aromatic rings. The lowest BCUT2D eigenvalue weighted by atomic mass is 10.0. The number of hydrogen-bond acceptors (Lipinski definition) is 18. The summed E-state index contributed by atoms with van der Waals surface area (Å²) in [6.45, 7) is 5.87. The first kappa shape index (κ1) is 62.2. The summed E-state index contributed by atoms with van der Waals surface area (Å²) in [6, 6.07) is 28.1. The van der Waals surface area contributed by atoms with Crippen molar-refractivity contribution in [2.75, 3.05) is 41.0 Å². The Morgan fingerprint density at radius 1 is 0.411 bits per heavy atom. The van der Waals surface area contributed by atoms with Crippen molar-refractivity contribution in [3.8, 4) is 33.4 Å². The summed E-state index contributed by atoms with van der Waals surface area (Å²) >= 11 is 0. The molecule has 462 valence electrons. The lowest BCUT2D eigenvalue weighted by molar-refractivity contribution is 0.0706. The van der Waals surface area contributed by atoms with Gasteiger partial charge in [-0.2, -0.15) is 15.0 Å². The molecule has 3 aliphatic heterocycles. The number of benzene rings is 6. The largest absolute Gasteiger partial charge is 0.399 e. The number of halogens is 6. The van der Waals surface area contributed by atoms with Crippen molar-refractivity contribution in [3.63, 3.8) is 0 Å². The number of aromatic nitrogens is 6. The fourth-order valence-corrected chi connectivity index (χ4v) is 10.4. The molecule has 21 nitrogen and oxygen atoms in total. The average Bonchev–Trinajstić information content (AvgIpc) is 2.15. The lowest BCUT2D eigenvalue weighted by Gasteiger charge is -2.21. The first-order valence-corrected chi connectivity index (χ1v) is 27.6. The molecule has 3 fully saturated rings. The van der Waals surface area contributed by atoms with E-state index in [1.54, 1.807) is 108 Å². The molecule has 0 unspecified atom stereocenters. The molecule has 3 atom stereocenters. The number of aryl methyl sites for hydroxylation is 3. The average molecular weight is 1240 g/mol. The summed E-state index contributed by atoms with van der Waals surface area (Å²) in [5.74, 6) is -2.32. The van der Waals surface area contributed by atoms with Crippen molar-refractivity contribution in [3.05, 3.63) is 214 Å². The van der Waals surface area contributed by atoms with Crippen molar-refractivity contribution < 1.29 is 68.8 Å². The highest BCUT2D eigenvalue weighted by molar-refractivity contribution is 6.02. The molecule has 0 saturated carbocycles. The van der Waals surface area contributed by atoms with Gasteiger partial charge in [-0.1, -0.05) is 67.3 Å². The molecule has 90 heavy (non-hydrogen) atoms. The van der Waals surface area contributed by atoms with Gasteiger partial charge in [-0.25, -0.2) is 26.3 Å². The highest BCUT2D eigenvalue weighted by Gasteiger charge is 2.41. The van der Waals surface area contributed by atoms with E-state index in [2.05, 4.69) is 45.9 Å². The van der Waals surface area contributed by atoms with Crippen LogP contribution < -0.4 is 0 Å². The van der Waals surface area contributed by atoms with Crippen molar-refractivity contribution in [1.29, 1.82) is 0 Å². The zero-order valence-electron chi connectivity index (χ0n) is 48.9. The fourth-order valence-electron chi connectivity index (χ4n) is 10.4. The molecule has 3 amide bonds. The van der Waals surface area contributed by atoms with Gasteiger partial charge < -0.3 is 42.8 Å². The van der Waals surface area contributed by atoms with Gasteiger partial charge in [0.25, 0.3) is 17.7 Å². The van der Waals surface area contributed by atoms with Gasteiger partial charge in [-0.15, -0.1) is 0 Å². The second kappa shape index (κ2) is 27.5. The van der Waals surface area contributed by atoms with Crippen LogP contribution in [-0.4, -0.2) is 121 Å². The molecule has 27 heteroatoms. The standard InChI is InChI=1S/3C21H18F2N4O3/c3*1-12-24-20(30-25-12)19-10-16(26-29-2)11-27(19)21(28)14-5-3-13(4-6-14)17-8-7-15(22)9-18(17)23/h3*3-9,19H,10-11H2,1-2H3/b26-16+;26-16-;/t3*19-/m000/s1. The number of likely N-dealkylation sites (tertiary alicyclic amines) is 3. The summed E-state index contributed by atoms with van der Waals surface area (Å²) in [5, 5.41) is 23.3. The summed E-state index contributed by atoms with van der Waals surface area (Å²) < 4.78 is 97.3. The summed E-state index contributed by atoms with van der Waals surface area (Å²) in [7, 11) is 4.32. The molecule has 0 radical (unpaired) electrons. The van der Waals surface area contributed by atoms with Crippen LogP contribution in [0.3, 0.4) is 0 Å². The van der Waals surface area contributed by atoms with Gasteiger partial charge in [0.1, 0.15) is 74.4 Å². The van der Waals surface area contributed by atoms with E-state index in [4.69, 9.17) is 28.1 Å². The summed E-state index contributed by atoms with van der Waals surface area (Å²) in [6.07, 6.45) is 1.25. The maximum atomic E-state index is 14.0. The maximum absolute atomic E-state index is 14.0. The second-order valence-electron chi connectivity index (χ2n) is 20.6. The van der Waals surface area contributed by atoms with E-state index in [0.717, 1.165) is 18.2 Å². The van der Waals surface area contributed by atoms with Gasteiger partial charge in [0.2, 0.25) is 17.7 Å². The first-order valence-electron chi connectivity index (χ1n) is 27.6. The van der Waals surface area contributed by atoms with Crippen LogP contribution in [0.1, 0.15) is 104 Å². The molecular formula is C63H54F6N12O9. The normalized spacial score (nSPS) is 17.5. The van der Waals surface area contributed by atoms with E-state index in [1.165, 1.54) is 57.7 Å². The third-order valence-corrected chi connectivity index (χ3v) is 14.5. The molecule has 0 bridgehead atoms. The van der Waals surface area contributed by atoms with Crippen LogP contribution in [0.25, 0.3) is 33.4 Å². The number of amides is 3. The Balaban J connectivity index is 0.000000148. The van der Waals surface area contributed by atoms with Crippen molar-refractivity contribution in [2.24, 2.45) is 15.5 Å². The van der Waals surface area contributed by atoms with Gasteiger partial charge in [-0.05, 0) is 110 Å². The molecule has 3 aliphatic rings. The Bertz CT molecular complexity index is 3760. The van der Waals surface area contributed by atoms with E-state index < -0.39 is 53.0 Å². The zero-order chi connectivity index (χ0) is 63.8. The highest BCUT2D eigenvalue weighted by Crippen LogP contribution is 2.36. The van der Waals surface area contributed by atoms with Gasteiger partial charge >= 0.3 is 0 Å². The van der Waals surface area contributed by atoms with Crippen LogP contribution in [0, 0.1) is 55.7 Å². The van der Waals surface area contributed by atoms with Gasteiger partial charge in [-0.3, -0.25) is 14.4 Å². The Morgan fingerprint density at radius 2 is 0.667 bits per heavy atom. The zero-order valence-corrected chi connectivity index (χ0v) is 48.9. The SMILES string of the molecule is CO/N=C1/C[C@@H](c2nc(C)no2)N(C(=O)c2ccc(-c3ccc(F)cc3F)cc2)C1.CO/N=C1\C[C@@H](c2nc(C)no2)N(C(=O)c2ccc(-c3ccc(F)cc3F)cc2)C1.CON=C1C[C@@H](c2nc(C)no2)N(C(=O)c2ccc(-c3ccc(F)cc3F)cc2)C1. The Hall–Kier alpha value is -10.9. The van der Waals surface area contributed by atoms with Crippen LogP contribution in [0.2, 0.25) is 0 Å². The molecule has 3 aromatic heterocycles. The monoisotopic (exact) mass is 1240 g/mol. The van der Waals surface area contributed by atoms with E-state index in [1.807, 2.05) is 0 Å². The minimum Gasteiger partial charge on any atom is -0.399 e. The van der Waals surface area contributed by atoms with E-state index in [0.29, 0.717) is 105 Å². The molecular weight excluding hydrogens is 1180 g/mol. The summed E-state index contributed by atoms with van der Waals surface area (Å²) in [4.78, 5) is 71.5. The third-order valence-electron chi connectivity index (χ3n) is 14.5. The molecule has 3 saturated heterocycles. The number of hydrogen-bond donors (Lipinski definition) is 0. The minimum absolute atomic E-state index is 0.255. The van der Waals surface area contributed by atoms with E-state index in [-0.39, 0.29) is 54.0 Å². The number of carbonyl (C=O) groups is 3. The number of nitrogens with zero attached hydrogens (tertiary/aromatic N) is 12. The number of rotatable bonds is 12. The van der Waals surface area contributed by atoms with Crippen LogP contribution in [0.4, 0.5) is 26.3 Å². The van der Waals surface area contributed by atoms with Gasteiger partial charge in [0.15, 0.2) is 17.5 Å². The smallest absolute Gasteiger partial charge is 0.254 e. The van der Waals surface area contributed by atoms with Crippen molar-refractivity contribution >= 4 is 34.9 Å². The minimum atomic E-state index is -0.666. The predicted molar refractivity (Wildman–Crippen MR) is 311 cm³/mol. The van der Waals surface area contributed by atoms with Crippen LogP contribution in [0.5, 0.6) is 0 Å². The molecule has 6 heterocycles. The molecule has 6 aromatic carbocycles. The van der Waals surface area contributed by atoms with Crippen LogP contribution >= 0.6 is 0 Å². The summed E-state index contributed by atoms with van der Waals surface area (Å²) in [5.41, 5.74) is 5.62. The van der Waals surface area contributed by atoms with Gasteiger partial charge in [0, 0.05) is 70.8 Å². The van der Waals surface area contributed by atoms with Crippen LogP contribution in [-0.2, 0) is 14.5 Å². The number of carbonyl (C=O) groups excluding carboxylic acids is 3. The highest BCUT2D eigenvalue weighted by atomic mass is 19.2. The first-order chi connectivity index (χ1) is 43.4. The lowest BCUT2D eigenvalue weighted by Crippen LogP contribution is -2.31. The second-order valence-corrected chi connectivity index (χ2v) is 20.6. The molecule has 0 spiro atoms. The molecule has 0 aliphatic carbocycles. The van der Waals surface area contributed by atoms with Crippen molar-refractivity contribution in [2.45, 2.75) is 58.2 Å². The van der Waals surface area contributed by atoms with E-state index in [9.17, 15) is 40.7 Å². The van der Waals surface area contributed by atoms with Crippen molar-refractivity contribution in [1.82, 2.24) is 45.1 Å². The van der Waals surface area contributed by atoms with Crippen LogP contribution in [0.15, 0.2) is 156 Å². The van der Waals surface area contributed by atoms with Gasteiger partial charge in [0.05, 0.1) is 36.8 Å².